The first-order valence-corrected chi connectivity index (χ1v) is 11.9. The Labute approximate surface area is 198 Å². The third-order valence-corrected chi connectivity index (χ3v) is 5.01. The van der Waals surface area contributed by atoms with Gasteiger partial charge in [0.1, 0.15) is 5.60 Å². The molecule has 0 fully saturated rings. The largest absolute Gasteiger partial charge is 0.469 e. The Morgan fingerprint density at radius 3 is 2.06 bits per heavy atom. The first-order chi connectivity index (χ1) is 15.6. The Balaban J connectivity index is 2.57. The number of amides is 1. The lowest BCUT2D eigenvalue weighted by molar-refractivity contribution is -0.143. The van der Waals surface area contributed by atoms with Gasteiger partial charge in [-0.15, -0.1) is 0 Å². The van der Waals surface area contributed by atoms with E-state index in [-0.39, 0.29) is 18.0 Å². The van der Waals surface area contributed by atoms with E-state index in [2.05, 4.69) is 4.74 Å². The molecule has 0 spiro atoms. The predicted octanol–water partition coefficient (Wildman–Crippen LogP) is 5.43. The molecule has 0 aliphatic heterocycles. The van der Waals surface area contributed by atoms with Gasteiger partial charge in [0, 0.05) is 25.9 Å². The Morgan fingerprint density at radius 1 is 0.848 bits per heavy atom. The number of benzene rings is 1. The fraction of sp³-hybridized carbons (Fsp3) is 0.654. The van der Waals surface area contributed by atoms with Crippen LogP contribution in [-0.2, 0) is 36.8 Å². The molecular weight excluding hydrogens is 422 g/mol. The van der Waals surface area contributed by atoms with Gasteiger partial charge in [-0.05, 0) is 58.1 Å². The molecule has 0 unspecified atom stereocenters. The zero-order chi connectivity index (χ0) is 24.7. The van der Waals surface area contributed by atoms with E-state index in [1.807, 2.05) is 45.0 Å². The van der Waals surface area contributed by atoms with Crippen molar-refractivity contribution in [3.8, 4) is 0 Å². The number of hydrogen-bond donors (Lipinski definition) is 0. The fourth-order valence-electron chi connectivity index (χ4n) is 3.28. The summed E-state index contributed by atoms with van der Waals surface area (Å²) in [7, 11) is 1.41. The number of rotatable bonds is 14. The van der Waals surface area contributed by atoms with Gasteiger partial charge in [0.05, 0.1) is 13.7 Å². The van der Waals surface area contributed by atoms with Gasteiger partial charge in [0.25, 0.3) is 0 Å². The number of hydrogen-bond acceptors (Lipinski definition) is 6. The standard InChI is InChI=1S/C26H41NO6/c1-6-32-24(29)18-17-21-13-15-22(16-14-21)20-27(25(30)33-26(2,3)4)19-11-9-7-8-10-12-23(28)31-5/h13-16H,6-12,17-20H2,1-5H3. The third-order valence-electron chi connectivity index (χ3n) is 5.01. The number of carbonyl (C=O) groups excluding carboxylic acids is 3. The van der Waals surface area contributed by atoms with Crippen molar-refractivity contribution in [3.05, 3.63) is 35.4 Å². The van der Waals surface area contributed by atoms with Gasteiger partial charge in [-0.1, -0.05) is 43.5 Å². The highest BCUT2D eigenvalue weighted by atomic mass is 16.6. The van der Waals surface area contributed by atoms with Crippen molar-refractivity contribution in [1.29, 1.82) is 0 Å². The zero-order valence-electron chi connectivity index (χ0n) is 21.0. The van der Waals surface area contributed by atoms with Crippen LogP contribution in [0.3, 0.4) is 0 Å². The quantitative estimate of drug-likeness (QED) is 0.208. The molecule has 7 nitrogen and oxygen atoms in total. The Morgan fingerprint density at radius 2 is 1.45 bits per heavy atom. The first kappa shape index (κ1) is 28.5. The van der Waals surface area contributed by atoms with Crippen LogP contribution < -0.4 is 0 Å². The van der Waals surface area contributed by atoms with Gasteiger partial charge in [0.15, 0.2) is 0 Å². The highest BCUT2D eigenvalue weighted by molar-refractivity contribution is 5.70. The zero-order valence-corrected chi connectivity index (χ0v) is 21.0. The average molecular weight is 464 g/mol. The number of aryl methyl sites for hydroxylation is 1. The molecule has 0 aromatic heterocycles. The highest BCUT2D eigenvalue weighted by Gasteiger charge is 2.22. The van der Waals surface area contributed by atoms with Crippen molar-refractivity contribution in [2.24, 2.45) is 0 Å². The number of methoxy groups -OCH3 is 1. The minimum Gasteiger partial charge on any atom is -0.469 e. The van der Waals surface area contributed by atoms with E-state index in [1.54, 1.807) is 11.8 Å². The van der Waals surface area contributed by atoms with Crippen LogP contribution in [0.4, 0.5) is 4.79 Å². The topological polar surface area (TPSA) is 82.1 Å². The molecule has 0 N–H and O–H groups in total. The lowest BCUT2D eigenvalue weighted by atomic mass is 10.1. The van der Waals surface area contributed by atoms with E-state index in [4.69, 9.17) is 9.47 Å². The van der Waals surface area contributed by atoms with Gasteiger partial charge < -0.3 is 19.1 Å². The summed E-state index contributed by atoms with van der Waals surface area (Å²) in [6.45, 7) is 8.86. The number of unbranched alkanes of at least 4 members (excludes halogenated alkanes) is 4. The molecule has 186 valence electrons. The number of nitrogens with zero attached hydrogens (tertiary/aromatic N) is 1. The molecule has 1 aromatic rings. The molecule has 0 radical (unpaired) electrons. The Bertz CT molecular complexity index is 723. The lowest BCUT2D eigenvalue weighted by Crippen LogP contribution is -2.37. The Kier molecular flexibility index (Phi) is 13.2. The van der Waals surface area contributed by atoms with Gasteiger partial charge in [-0.25, -0.2) is 4.79 Å². The van der Waals surface area contributed by atoms with Crippen LogP contribution in [0, 0.1) is 0 Å². The van der Waals surface area contributed by atoms with E-state index >= 15 is 0 Å². The van der Waals surface area contributed by atoms with Gasteiger partial charge >= 0.3 is 18.0 Å². The van der Waals surface area contributed by atoms with E-state index in [1.165, 1.54) is 7.11 Å². The molecule has 1 aromatic carbocycles. The molecule has 0 aliphatic carbocycles. The molecule has 0 atom stereocenters. The van der Waals surface area contributed by atoms with Crippen LogP contribution in [0.25, 0.3) is 0 Å². The molecule has 7 heteroatoms. The van der Waals surface area contributed by atoms with Crippen molar-refractivity contribution in [2.45, 2.75) is 91.2 Å². The Hall–Kier alpha value is -2.57. The maximum atomic E-state index is 12.7. The molecule has 1 amide bonds. The summed E-state index contributed by atoms with van der Waals surface area (Å²) in [5, 5.41) is 0. The minimum absolute atomic E-state index is 0.169. The van der Waals surface area contributed by atoms with Gasteiger partial charge in [-0.3, -0.25) is 9.59 Å². The summed E-state index contributed by atoms with van der Waals surface area (Å²) in [5.74, 6) is -0.360. The molecule has 0 aliphatic rings. The highest BCUT2D eigenvalue weighted by Crippen LogP contribution is 2.16. The first-order valence-electron chi connectivity index (χ1n) is 11.9. The van der Waals surface area contributed by atoms with E-state index in [0.717, 1.165) is 43.2 Å². The molecule has 1 rings (SSSR count). The second-order valence-corrected chi connectivity index (χ2v) is 9.12. The van der Waals surface area contributed by atoms with Crippen molar-refractivity contribution in [1.82, 2.24) is 4.90 Å². The molecule has 0 heterocycles. The monoisotopic (exact) mass is 463 g/mol. The van der Waals surface area contributed by atoms with Gasteiger partial charge in [0.2, 0.25) is 0 Å². The summed E-state index contributed by atoms with van der Waals surface area (Å²) in [6, 6.07) is 7.96. The average Bonchev–Trinajstić information content (AvgIpc) is 2.75. The van der Waals surface area contributed by atoms with Crippen LogP contribution >= 0.6 is 0 Å². The molecular formula is C26H41NO6. The van der Waals surface area contributed by atoms with Gasteiger partial charge in [-0.2, -0.15) is 0 Å². The normalized spacial score (nSPS) is 11.1. The lowest BCUT2D eigenvalue weighted by Gasteiger charge is -2.27. The van der Waals surface area contributed by atoms with E-state index in [9.17, 15) is 14.4 Å². The SMILES string of the molecule is CCOC(=O)CCc1ccc(CN(CCCCCCCC(=O)OC)C(=O)OC(C)(C)C)cc1. The minimum atomic E-state index is -0.555. The van der Waals surface area contributed by atoms with Crippen LogP contribution in [0.2, 0.25) is 0 Å². The van der Waals surface area contributed by atoms with E-state index in [0.29, 0.717) is 39.0 Å². The second kappa shape index (κ2) is 15.3. The van der Waals surface area contributed by atoms with Crippen molar-refractivity contribution < 1.29 is 28.6 Å². The maximum Gasteiger partial charge on any atom is 0.410 e. The summed E-state index contributed by atoms with van der Waals surface area (Å²) < 4.78 is 15.2. The predicted molar refractivity (Wildman–Crippen MR) is 128 cm³/mol. The second-order valence-electron chi connectivity index (χ2n) is 9.12. The maximum absolute atomic E-state index is 12.7. The smallest absolute Gasteiger partial charge is 0.410 e. The summed E-state index contributed by atoms with van der Waals surface area (Å²) in [6.07, 6.45) is 5.77. The molecule has 0 saturated heterocycles. The number of carbonyl (C=O) groups is 3. The van der Waals surface area contributed by atoms with Crippen molar-refractivity contribution in [3.63, 3.8) is 0 Å². The number of ether oxygens (including phenoxy) is 3. The molecule has 33 heavy (non-hydrogen) atoms. The third kappa shape index (κ3) is 13.5. The van der Waals surface area contributed by atoms with Crippen molar-refractivity contribution >= 4 is 18.0 Å². The molecule has 0 bridgehead atoms. The van der Waals surface area contributed by atoms with E-state index < -0.39 is 5.60 Å². The summed E-state index contributed by atoms with van der Waals surface area (Å²) >= 11 is 0. The van der Waals surface area contributed by atoms with Crippen molar-refractivity contribution in [2.75, 3.05) is 20.3 Å². The molecule has 0 saturated carbocycles. The number of esters is 2. The van der Waals surface area contributed by atoms with Crippen LogP contribution in [0.5, 0.6) is 0 Å². The fourth-order valence-corrected chi connectivity index (χ4v) is 3.28. The summed E-state index contributed by atoms with van der Waals surface area (Å²) in [4.78, 5) is 37.2. The van der Waals surface area contributed by atoms with Crippen LogP contribution in [0.1, 0.15) is 83.8 Å². The van der Waals surface area contributed by atoms with Crippen LogP contribution in [0.15, 0.2) is 24.3 Å². The summed E-state index contributed by atoms with van der Waals surface area (Å²) in [5.41, 5.74) is 1.52. The van der Waals surface area contributed by atoms with Crippen LogP contribution in [-0.4, -0.2) is 48.8 Å².